The Labute approximate surface area is 239 Å². The Morgan fingerprint density at radius 2 is 1.59 bits per heavy atom. The van der Waals surface area contributed by atoms with Crippen molar-refractivity contribution < 1.29 is 61.3 Å². The highest BCUT2D eigenvalue weighted by molar-refractivity contribution is 8.10. The molecule has 0 aromatic heterocycles. The minimum Gasteiger partial charge on any atom is -0.462 e. The summed E-state index contributed by atoms with van der Waals surface area (Å²) in [4.78, 5) is 49.0. The molecule has 1 amide bonds. The number of halogens is 3. The van der Waals surface area contributed by atoms with E-state index in [2.05, 4.69) is 10.2 Å². The van der Waals surface area contributed by atoms with E-state index in [1.807, 2.05) is 0 Å². The Hall–Kier alpha value is -1.98. The van der Waals surface area contributed by atoms with Crippen LogP contribution >= 0.6 is 6.57 Å². The summed E-state index contributed by atoms with van der Waals surface area (Å²) in [6, 6.07) is -2.34. The minimum absolute atomic E-state index is 0.384. The van der Waals surface area contributed by atoms with E-state index in [1.165, 1.54) is 13.8 Å². The van der Waals surface area contributed by atoms with Gasteiger partial charge >= 0.3 is 11.9 Å². The van der Waals surface area contributed by atoms with E-state index >= 15 is 0 Å². The smallest absolute Gasteiger partial charge is 0.323 e. The molecule has 2 aliphatic heterocycles. The number of hydrogen-bond acceptors (Lipinski definition) is 11. The van der Waals surface area contributed by atoms with Gasteiger partial charge in [-0.15, -0.1) is 0 Å². The molecule has 0 aromatic carbocycles. The van der Waals surface area contributed by atoms with Gasteiger partial charge in [0.2, 0.25) is 11.7 Å². The third-order valence-electron chi connectivity index (χ3n) is 5.83. The number of hydrogen-bond donors (Lipinski definition) is 4. The zero-order chi connectivity index (χ0) is 31.4. The van der Waals surface area contributed by atoms with Crippen LogP contribution in [0.15, 0.2) is 12.0 Å². The lowest BCUT2D eigenvalue weighted by Crippen LogP contribution is -2.53. The van der Waals surface area contributed by atoms with E-state index in [0.29, 0.717) is 11.1 Å². The highest BCUT2D eigenvalue weighted by Crippen LogP contribution is 2.45. The Morgan fingerprint density at radius 1 is 1.10 bits per heavy atom. The monoisotopic (exact) mass is 633 g/mol. The molecule has 18 heteroatoms. The maximum Gasteiger partial charge on any atom is 0.323 e. The SMILES string of the molecule is CC(C)OC(=O)[C@H](C)NP(=S)(N[C@@H](C)C(=O)OC(C)C)OC[C@@]1(C(F)F)O[C@@H](N2C=C(F)C(=O)CC2=O)[C@H](O)[C@@H]1O. The van der Waals surface area contributed by atoms with Gasteiger partial charge < -0.3 is 28.9 Å². The Kier molecular flexibility index (Phi) is 12.0. The second kappa shape index (κ2) is 14.0. The number of ketones is 1. The molecule has 234 valence electrons. The average Bonchev–Trinajstić information content (AvgIpc) is 3.10. The van der Waals surface area contributed by atoms with Crippen LogP contribution in [0, 0.1) is 0 Å². The van der Waals surface area contributed by atoms with E-state index < -0.39 is 104 Å². The molecule has 6 atom stereocenters. The molecule has 0 aromatic rings. The number of ether oxygens (including phenoxy) is 3. The first-order chi connectivity index (χ1) is 18.8. The molecule has 0 unspecified atom stereocenters. The predicted molar refractivity (Wildman–Crippen MR) is 139 cm³/mol. The fourth-order valence-corrected chi connectivity index (χ4v) is 6.72. The van der Waals surface area contributed by atoms with Gasteiger partial charge in [-0.2, -0.15) is 0 Å². The zero-order valence-electron chi connectivity index (χ0n) is 23.2. The lowest BCUT2D eigenvalue weighted by Gasteiger charge is -2.36. The van der Waals surface area contributed by atoms with Crippen molar-refractivity contribution in [2.45, 2.75) is 103 Å². The van der Waals surface area contributed by atoms with Crippen molar-refractivity contribution in [3.63, 3.8) is 0 Å². The lowest BCUT2D eigenvalue weighted by atomic mass is 9.96. The largest absolute Gasteiger partial charge is 0.462 e. The number of carbonyl (C=O) groups is 4. The molecule has 2 heterocycles. The van der Waals surface area contributed by atoms with Gasteiger partial charge in [0.25, 0.3) is 6.43 Å². The van der Waals surface area contributed by atoms with Crippen LogP contribution in [0.4, 0.5) is 13.2 Å². The maximum atomic E-state index is 14.5. The number of rotatable bonds is 13. The van der Waals surface area contributed by atoms with Gasteiger partial charge in [-0.3, -0.25) is 24.1 Å². The minimum atomic E-state index is -3.86. The highest BCUT2D eigenvalue weighted by atomic mass is 32.4. The Balaban J connectivity index is 2.37. The van der Waals surface area contributed by atoms with E-state index in [9.17, 15) is 42.6 Å². The first-order valence-corrected chi connectivity index (χ1v) is 15.3. The molecular weight excluding hydrogens is 598 g/mol. The van der Waals surface area contributed by atoms with Crippen LogP contribution in [0.5, 0.6) is 0 Å². The van der Waals surface area contributed by atoms with Crippen molar-refractivity contribution in [2.75, 3.05) is 6.61 Å². The molecule has 2 rings (SSSR count). The van der Waals surface area contributed by atoms with E-state index in [1.54, 1.807) is 27.7 Å². The van der Waals surface area contributed by atoms with Gasteiger partial charge in [0, 0.05) is 6.20 Å². The number of aliphatic hydroxyl groups excluding tert-OH is 2. The maximum absolute atomic E-state index is 14.5. The average molecular weight is 634 g/mol. The summed E-state index contributed by atoms with van der Waals surface area (Å²) in [5, 5.41) is 26.5. The number of alkyl halides is 2. The highest BCUT2D eigenvalue weighted by Gasteiger charge is 2.62. The van der Waals surface area contributed by atoms with Crippen molar-refractivity contribution >= 4 is 42.0 Å². The fraction of sp³-hybridized carbons (Fsp3) is 0.739. The third kappa shape index (κ3) is 8.54. The summed E-state index contributed by atoms with van der Waals surface area (Å²) >= 11 is 5.51. The van der Waals surface area contributed by atoms with Crippen molar-refractivity contribution in [1.82, 2.24) is 15.1 Å². The van der Waals surface area contributed by atoms with Crippen LogP contribution in [0.1, 0.15) is 48.0 Å². The van der Waals surface area contributed by atoms with E-state index in [0.717, 1.165) is 0 Å². The van der Waals surface area contributed by atoms with Crippen LogP contribution in [0.3, 0.4) is 0 Å². The zero-order valence-corrected chi connectivity index (χ0v) is 24.9. The van der Waals surface area contributed by atoms with Crippen molar-refractivity contribution in [3.05, 3.63) is 12.0 Å². The molecule has 2 aliphatic rings. The van der Waals surface area contributed by atoms with E-state index in [4.69, 9.17) is 30.5 Å². The van der Waals surface area contributed by atoms with Crippen molar-refractivity contribution in [3.8, 4) is 0 Å². The molecule has 1 saturated heterocycles. The van der Waals surface area contributed by atoms with E-state index in [-0.39, 0.29) is 0 Å². The van der Waals surface area contributed by atoms with Crippen LogP contribution < -0.4 is 10.2 Å². The standard InChI is InChI=1S/C23H35F3N3O10PS/c1-10(2)37-20(34)12(5)27-40(41,28-13(6)21(35)38-11(3)4)36-9-23(22(25)26)18(33)17(32)19(39-23)29-8-14(24)15(30)7-16(29)31/h8,10-13,17-19,22,32-33H,7,9H2,1-6H3,(H2,27,28,41)/t12-,13-,17+,18-,19+,23+/m0/s1. The summed E-state index contributed by atoms with van der Waals surface area (Å²) in [6.45, 7) is 3.98. The number of esters is 2. The second-order valence-corrected chi connectivity index (χ2v) is 13.5. The number of nitrogens with zero attached hydrogens (tertiary/aromatic N) is 1. The molecule has 41 heavy (non-hydrogen) atoms. The van der Waals surface area contributed by atoms with Crippen LogP contribution in [-0.4, -0.2) is 100 Å². The van der Waals surface area contributed by atoms with Gasteiger partial charge in [-0.1, -0.05) is 0 Å². The van der Waals surface area contributed by atoms with Crippen molar-refractivity contribution in [1.29, 1.82) is 0 Å². The number of nitrogens with one attached hydrogen (secondary N) is 2. The molecule has 0 aliphatic carbocycles. The Bertz CT molecular complexity index is 1060. The molecule has 0 bridgehead atoms. The molecular formula is C23H35F3N3O10PS. The first kappa shape index (κ1) is 35.2. The molecule has 4 N–H and O–H groups in total. The Morgan fingerprint density at radius 3 is 2.02 bits per heavy atom. The normalized spacial score (nSPS) is 26.9. The van der Waals surface area contributed by atoms with Gasteiger partial charge in [0.1, 0.15) is 24.3 Å². The number of aliphatic hydroxyl groups is 2. The number of allylic oxidation sites excluding steroid dienone is 1. The number of carbonyl (C=O) groups excluding carboxylic acids is 4. The molecule has 0 spiro atoms. The van der Waals surface area contributed by atoms with Crippen molar-refractivity contribution in [2.24, 2.45) is 0 Å². The molecule has 0 radical (unpaired) electrons. The number of Topliss-reactive ketones (excluding diaryl/α,β-unsaturated/α-hetero) is 1. The quantitative estimate of drug-likeness (QED) is 0.128. The second-order valence-electron chi connectivity index (χ2n) is 10.1. The van der Waals surface area contributed by atoms with Crippen LogP contribution in [-0.2, 0) is 49.7 Å². The first-order valence-electron chi connectivity index (χ1n) is 12.6. The van der Waals surface area contributed by atoms with Gasteiger partial charge in [-0.05, 0) is 53.3 Å². The lowest BCUT2D eigenvalue weighted by molar-refractivity contribution is -0.199. The number of amides is 1. The van der Waals surface area contributed by atoms with Gasteiger partial charge in [0.05, 0.1) is 25.2 Å². The topological polar surface area (TPSA) is 173 Å². The summed E-state index contributed by atoms with van der Waals surface area (Å²) < 4.78 is 64.0. The summed E-state index contributed by atoms with van der Waals surface area (Å²) in [5.41, 5.74) is -3.02. The predicted octanol–water partition coefficient (Wildman–Crippen LogP) is 0.781. The van der Waals surface area contributed by atoms with Gasteiger partial charge in [-0.25, -0.2) is 23.3 Å². The molecule has 1 fully saturated rings. The third-order valence-corrected chi connectivity index (χ3v) is 8.72. The van der Waals surface area contributed by atoms with Crippen LogP contribution in [0.25, 0.3) is 0 Å². The fourth-order valence-electron chi connectivity index (χ4n) is 3.78. The summed E-state index contributed by atoms with van der Waals surface area (Å²) in [6.07, 6.45) is -11.8. The summed E-state index contributed by atoms with van der Waals surface area (Å²) in [5.74, 6) is -5.16. The summed E-state index contributed by atoms with van der Waals surface area (Å²) in [7, 11) is 0. The van der Waals surface area contributed by atoms with Gasteiger partial charge in [0.15, 0.2) is 24.2 Å². The van der Waals surface area contributed by atoms with Crippen LogP contribution in [0.2, 0.25) is 0 Å². The molecule has 13 nitrogen and oxygen atoms in total. The molecule has 0 saturated carbocycles.